The summed E-state index contributed by atoms with van der Waals surface area (Å²) < 4.78 is 17.9. The second-order valence-corrected chi connectivity index (χ2v) is 5.53. The second kappa shape index (κ2) is 10.2. The molecule has 1 aromatic carbocycles. The summed E-state index contributed by atoms with van der Waals surface area (Å²) in [6.45, 7) is 1.23. The summed E-state index contributed by atoms with van der Waals surface area (Å²) in [6, 6.07) is 5.90. The molecule has 2 rings (SSSR count). The number of hydrogen-bond donors (Lipinski definition) is 1. The van der Waals surface area contributed by atoms with Crippen LogP contribution in [0.2, 0.25) is 0 Å². The smallest absolute Gasteiger partial charge is 0.274 e. The zero-order valence-corrected chi connectivity index (χ0v) is 14.5. The van der Waals surface area contributed by atoms with Crippen molar-refractivity contribution in [3.8, 4) is 0 Å². The quantitative estimate of drug-likeness (QED) is 0.731. The molecule has 0 spiro atoms. The molecule has 0 atom stereocenters. The van der Waals surface area contributed by atoms with Crippen LogP contribution in [0.15, 0.2) is 42.9 Å². The van der Waals surface area contributed by atoms with E-state index in [0.717, 1.165) is 5.56 Å². The maximum atomic E-state index is 12.9. The van der Waals surface area contributed by atoms with Gasteiger partial charge in [-0.1, -0.05) is 12.1 Å². The Morgan fingerprint density at radius 3 is 2.62 bits per heavy atom. The molecule has 26 heavy (non-hydrogen) atoms. The first-order chi connectivity index (χ1) is 12.6. The SMILES string of the molecule is COCCN(CCC(=O)NCc1ccc(F)cc1)C(=O)c1cnccn1. The van der Waals surface area contributed by atoms with Crippen LogP contribution in [0.4, 0.5) is 4.39 Å². The van der Waals surface area contributed by atoms with Crippen molar-refractivity contribution in [3.63, 3.8) is 0 Å². The molecule has 2 aromatic rings. The first-order valence-electron chi connectivity index (χ1n) is 8.15. The van der Waals surface area contributed by atoms with Gasteiger partial charge in [-0.15, -0.1) is 0 Å². The fourth-order valence-corrected chi connectivity index (χ4v) is 2.22. The number of amides is 2. The fraction of sp³-hybridized carbons (Fsp3) is 0.333. The van der Waals surface area contributed by atoms with Crippen LogP contribution in [-0.2, 0) is 16.1 Å². The van der Waals surface area contributed by atoms with Gasteiger partial charge in [0, 0.05) is 45.6 Å². The first-order valence-corrected chi connectivity index (χ1v) is 8.15. The number of nitrogens with zero attached hydrogens (tertiary/aromatic N) is 3. The Labute approximate surface area is 151 Å². The Hall–Kier alpha value is -2.87. The van der Waals surface area contributed by atoms with Crippen molar-refractivity contribution in [2.45, 2.75) is 13.0 Å². The highest BCUT2D eigenvalue weighted by Gasteiger charge is 2.18. The number of halogens is 1. The lowest BCUT2D eigenvalue weighted by Crippen LogP contribution is -2.37. The molecular formula is C18H21FN4O3. The van der Waals surface area contributed by atoms with Crippen molar-refractivity contribution in [2.24, 2.45) is 0 Å². The molecule has 0 radical (unpaired) electrons. The zero-order valence-electron chi connectivity index (χ0n) is 14.5. The van der Waals surface area contributed by atoms with Crippen LogP contribution >= 0.6 is 0 Å². The fourth-order valence-electron chi connectivity index (χ4n) is 2.22. The van der Waals surface area contributed by atoms with E-state index in [0.29, 0.717) is 19.7 Å². The number of nitrogens with one attached hydrogen (secondary N) is 1. The second-order valence-electron chi connectivity index (χ2n) is 5.53. The highest BCUT2D eigenvalue weighted by atomic mass is 19.1. The number of carbonyl (C=O) groups is 2. The summed E-state index contributed by atoms with van der Waals surface area (Å²) in [5, 5.41) is 2.75. The van der Waals surface area contributed by atoms with Crippen molar-refractivity contribution < 1.29 is 18.7 Å². The van der Waals surface area contributed by atoms with Gasteiger partial charge in [-0.25, -0.2) is 9.37 Å². The molecule has 0 aliphatic rings. The number of methoxy groups -OCH3 is 1. The maximum absolute atomic E-state index is 12.9. The highest BCUT2D eigenvalue weighted by molar-refractivity contribution is 5.92. The standard InChI is InChI=1S/C18H21FN4O3/c1-26-11-10-23(18(25)16-13-20-7-8-21-16)9-6-17(24)22-12-14-2-4-15(19)5-3-14/h2-5,7-8,13H,6,9-12H2,1H3,(H,22,24). The highest BCUT2D eigenvalue weighted by Crippen LogP contribution is 2.04. The van der Waals surface area contributed by atoms with Gasteiger partial charge < -0.3 is 15.0 Å². The summed E-state index contributed by atoms with van der Waals surface area (Å²) in [5.74, 6) is -0.832. The lowest BCUT2D eigenvalue weighted by Gasteiger charge is -2.21. The summed E-state index contributed by atoms with van der Waals surface area (Å²) in [7, 11) is 1.54. The number of benzene rings is 1. The Morgan fingerprint density at radius 2 is 1.96 bits per heavy atom. The summed E-state index contributed by atoms with van der Waals surface area (Å²) in [5.41, 5.74) is 1.02. The van der Waals surface area contributed by atoms with Crippen LogP contribution in [0.1, 0.15) is 22.5 Å². The van der Waals surface area contributed by atoms with Gasteiger partial charge in [-0.2, -0.15) is 0 Å². The van der Waals surface area contributed by atoms with E-state index in [9.17, 15) is 14.0 Å². The van der Waals surface area contributed by atoms with E-state index in [1.165, 1.54) is 35.6 Å². The average Bonchev–Trinajstić information content (AvgIpc) is 2.68. The summed E-state index contributed by atoms with van der Waals surface area (Å²) in [4.78, 5) is 33.9. The lowest BCUT2D eigenvalue weighted by atomic mass is 10.2. The molecule has 0 saturated carbocycles. The maximum Gasteiger partial charge on any atom is 0.274 e. The molecule has 0 unspecified atom stereocenters. The van der Waals surface area contributed by atoms with Gasteiger partial charge >= 0.3 is 0 Å². The molecule has 7 nitrogen and oxygen atoms in total. The molecule has 0 saturated heterocycles. The molecule has 1 aromatic heterocycles. The van der Waals surface area contributed by atoms with Gasteiger partial charge in [0.1, 0.15) is 11.5 Å². The first kappa shape index (κ1) is 19.5. The van der Waals surface area contributed by atoms with Crippen LogP contribution in [0.5, 0.6) is 0 Å². The molecule has 0 aliphatic heterocycles. The summed E-state index contributed by atoms with van der Waals surface area (Å²) in [6.07, 6.45) is 4.45. The third-order valence-corrected chi connectivity index (χ3v) is 3.65. The van der Waals surface area contributed by atoms with Crippen LogP contribution in [0, 0.1) is 5.82 Å². The van der Waals surface area contributed by atoms with Gasteiger partial charge in [-0.3, -0.25) is 14.6 Å². The Balaban J connectivity index is 1.86. The van der Waals surface area contributed by atoms with E-state index >= 15 is 0 Å². The van der Waals surface area contributed by atoms with E-state index in [-0.39, 0.29) is 36.3 Å². The minimum atomic E-state index is -0.323. The largest absolute Gasteiger partial charge is 0.383 e. The molecule has 0 bridgehead atoms. The summed E-state index contributed by atoms with van der Waals surface area (Å²) >= 11 is 0. The van der Waals surface area contributed by atoms with E-state index in [4.69, 9.17) is 4.74 Å². The number of hydrogen-bond acceptors (Lipinski definition) is 5. The third kappa shape index (κ3) is 6.21. The molecule has 2 amide bonds. The Morgan fingerprint density at radius 1 is 1.19 bits per heavy atom. The molecular weight excluding hydrogens is 339 g/mol. The number of aromatic nitrogens is 2. The van der Waals surface area contributed by atoms with Crippen molar-refractivity contribution in [3.05, 3.63) is 59.9 Å². The Bertz CT molecular complexity index is 710. The van der Waals surface area contributed by atoms with E-state index in [1.54, 1.807) is 19.2 Å². The van der Waals surface area contributed by atoms with Gasteiger partial charge in [-0.05, 0) is 17.7 Å². The molecule has 1 heterocycles. The zero-order chi connectivity index (χ0) is 18.8. The third-order valence-electron chi connectivity index (χ3n) is 3.65. The molecule has 1 N–H and O–H groups in total. The Kier molecular flexibility index (Phi) is 7.63. The van der Waals surface area contributed by atoms with Gasteiger partial charge in [0.25, 0.3) is 5.91 Å². The van der Waals surface area contributed by atoms with Crippen molar-refractivity contribution >= 4 is 11.8 Å². The number of ether oxygens (including phenoxy) is 1. The number of carbonyl (C=O) groups excluding carboxylic acids is 2. The van der Waals surface area contributed by atoms with E-state index in [2.05, 4.69) is 15.3 Å². The van der Waals surface area contributed by atoms with Gasteiger partial charge in [0.2, 0.25) is 5.91 Å². The molecule has 138 valence electrons. The molecule has 8 heteroatoms. The van der Waals surface area contributed by atoms with Gasteiger partial charge in [0.15, 0.2) is 0 Å². The minimum Gasteiger partial charge on any atom is -0.383 e. The normalized spacial score (nSPS) is 10.4. The predicted octanol–water partition coefficient (Wildman–Crippen LogP) is 1.41. The van der Waals surface area contributed by atoms with Crippen LogP contribution in [0.25, 0.3) is 0 Å². The average molecular weight is 360 g/mol. The van der Waals surface area contributed by atoms with Crippen molar-refractivity contribution in [1.82, 2.24) is 20.2 Å². The monoisotopic (exact) mass is 360 g/mol. The van der Waals surface area contributed by atoms with Crippen molar-refractivity contribution in [2.75, 3.05) is 26.8 Å². The van der Waals surface area contributed by atoms with Crippen LogP contribution in [0.3, 0.4) is 0 Å². The van der Waals surface area contributed by atoms with E-state index in [1.807, 2.05) is 0 Å². The minimum absolute atomic E-state index is 0.136. The molecule has 0 fully saturated rings. The van der Waals surface area contributed by atoms with Gasteiger partial charge in [0.05, 0.1) is 12.8 Å². The predicted molar refractivity (Wildman–Crippen MR) is 92.7 cm³/mol. The number of rotatable bonds is 9. The van der Waals surface area contributed by atoms with E-state index < -0.39 is 0 Å². The lowest BCUT2D eigenvalue weighted by molar-refractivity contribution is -0.121. The topological polar surface area (TPSA) is 84.4 Å². The molecule has 0 aliphatic carbocycles. The van der Waals surface area contributed by atoms with Crippen LogP contribution in [-0.4, -0.2) is 53.5 Å². The van der Waals surface area contributed by atoms with Crippen LogP contribution < -0.4 is 5.32 Å². The van der Waals surface area contributed by atoms with Crippen molar-refractivity contribution in [1.29, 1.82) is 0 Å².